The number of pyridine rings is 1. The van der Waals surface area contributed by atoms with Crippen LogP contribution in [0.3, 0.4) is 0 Å². The topological polar surface area (TPSA) is 91.8 Å². The Morgan fingerprint density at radius 3 is 2.31 bits per heavy atom. The first kappa shape index (κ1) is 42.1. The van der Waals surface area contributed by atoms with Crippen LogP contribution in [0.1, 0.15) is 88.5 Å². The number of carbonyl (C=O) groups is 1. The Morgan fingerprint density at radius 1 is 1.12 bits per heavy atom. The molecular weight excluding hydrogens is 637 g/mol. The number of nitrogens with one attached hydrogen (secondary N) is 1. The van der Waals surface area contributed by atoms with Crippen molar-refractivity contribution in [3.8, 4) is 6.07 Å². The molecule has 0 amide bonds. The van der Waals surface area contributed by atoms with Gasteiger partial charge < -0.3 is 11.1 Å². The summed E-state index contributed by atoms with van der Waals surface area (Å²) in [6, 6.07) is 17.2. The monoisotopic (exact) mass is 684 g/mol. The van der Waals surface area contributed by atoms with Crippen molar-refractivity contribution in [2.75, 3.05) is 11.1 Å². The first-order chi connectivity index (χ1) is 22.8. The van der Waals surface area contributed by atoms with Gasteiger partial charge in [0.2, 0.25) is 0 Å². The van der Waals surface area contributed by atoms with E-state index in [4.69, 9.17) is 11.0 Å². The number of aryl methyl sites for hydroxylation is 1. The number of hydrogen-bond acceptors (Lipinski definition) is 6. The van der Waals surface area contributed by atoms with E-state index in [-0.39, 0.29) is 17.9 Å². The fourth-order valence-corrected chi connectivity index (χ4v) is 4.47. The number of allylic oxidation sites excluding steroid dienone is 3. The standard InChI is InChI=1S/C18H21FN2.C16H15F3N2O.C2H6S.C2H6/c1-13-11-15(6-7-17(13)19)18(20,9-8-14-4-5-14)16-3-2-10-21-12-16;1-3-5-15(22)14(8-11(2)16(17,18)19)21-13-7-4-6-12(9-13)10-20;1-2-3;1-2/h2-3,6-7,10-12,14H,4-5,8-9,20H2,1H3;4,6-9,21H,2-3,5H2,1H3;3H,2H2,1H3;1-2H3/b;14-8-;;. The molecule has 1 fully saturated rings. The van der Waals surface area contributed by atoms with Gasteiger partial charge in [-0.2, -0.15) is 31.1 Å². The number of hydrogen-bond donors (Lipinski definition) is 3. The van der Waals surface area contributed by atoms with Crippen LogP contribution in [0.15, 0.2) is 90.9 Å². The van der Waals surface area contributed by atoms with E-state index in [1.807, 2.05) is 57.3 Å². The van der Waals surface area contributed by atoms with E-state index in [9.17, 15) is 22.4 Å². The van der Waals surface area contributed by atoms with E-state index < -0.39 is 23.1 Å². The number of thiol groups is 1. The number of rotatable bonds is 11. The number of halogens is 4. The zero-order chi connectivity index (χ0) is 36.3. The van der Waals surface area contributed by atoms with Gasteiger partial charge in [-0.05, 0) is 91.0 Å². The highest BCUT2D eigenvalue weighted by Crippen LogP contribution is 2.40. The van der Waals surface area contributed by atoms with Crippen molar-refractivity contribution < 1.29 is 22.4 Å². The van der Waals surface area contributed by atoms with Gasteiger partial charge in [-0.25, -0.2) is 4.39 Å². The first-order valence-electron chi connectivity index (χ1n) is 16.1. The Bertz CT molecular complexity index is 1520. The number of aromatic nitrogens is 1. The molecule has 1 heterocycles. The number of nitriles is 1. The maximum absolute atomic E-state index is 13.6. The Labute approximate surface area is 288 Å². The van der Waals surface area contributed by atoms with E-state index in [1.165, 1.54) is 25.0 Å². The van der Waals surface area contributed by atoms with Crippen LogP contribution < -0.4 is 11.1 Å². The smallest absolute Gasteiger partial charge is 0.353 e. The highest BCUT2D eigenvalue weighted by atomic mass is 32.1. The van der Waals surface area contributed by atoms with Crippen LogP contribution in [0.5, 0.6) is 0 Å². The fraction of sp³-hybridized carbons (Fsp3) is 0.395. The van der Waals surface area contributed by atoms with Crippen LogP contribution in [0.4, 0.5) is 23.2 Å². The van der Waals surface area contributed by atoms with Gasteiger partial charge in [-0.1, -0.05) is 71.4 Å². The van der Waals surface area contributed by atoms with E-state index in [1.54, 1.807) is 38.2 Å². The Hall–Kier alpha value is -3.94. The second-order valence-electron chi connectivity index (χ2n) is 11.0. The van der Waals surface area contributed by atoms with Gasteiger partial charge in [-0.15, -0.1) is 0 Å². The molecule has 0 saturated heterocycles. The van der Waals surface area contributed by atoms with E-state index >= 15 is 0 Å². The van der Waals surface area contributed by atoms with Crippen LogP contribution in [-0.2, 0) is 10.3 Å². The van der Waals surface area contributed by atoms with Crippen molar-refractivity contribution in [2.24, 2.45) is 11.7 Å². The van der Waals surface area contributed by atoms with Gasteiger partial charge in [0.25, 0.3) is 0 Å². The summed E-state index contributed by atoms with van der Waals surface area (Å²) in [6.07, 6.45) is 4.89. The largest absolute Gasteiger partial charge is 0.415 e. The minimum absolute atomic E-state index is 0.113. The Balaban J connectivity index is 0.000000423. The lowest BCUT2D eigenvalue weighted by Gasteiger charge is -2.31. The summed E-state index contributed by atoms with van der Waals surface area (Å²) in [7, 11) is 0. The van der Waals surface area contributed by atoms with Crippen molar-refractivity contribution in [3.05, 3.63) is 119 Å². The number of nitrogens with two attached hydrogens (primary N) is 1. The summed E-state index contributed by atoms with van der Waals surface area (Å²) in [5, 5.41) is 11.5. The van der Waals surface area contributed by atoms with Gasteiger partial charge in [0.1, 0.15) is 5.82 Å². The Kier molecular flexibility index (Phi) is 18.5. The molecule has 1 saturated carbocycles. The third kappa shape index (κ3) is 14.0. The Morgan fingerprint density at radius 2 is 1.79 bits per heavy atom. The van der Waals surface area contributed by atoms with E-state index in [2.05, 4.69) is 29.5 Å². The summed E-state index contributed by atoms with van der Waals surface area (Å²) < 4.78 is 51.3. The van der Waals surface area contributed by atoms with Gasteiger partial charge in [0.15, 0.2) is 5.78 Å². The van der Waals surface area contributed by atoms with Crippen molar-refractivity contribution in [1.82, 2.24) is 4.98 Å². The number of benzene rings is 2. The SMILES string of the molecule is C=C(/C=C(\Nc1cccc(C#N)c1)C(=O)CCC)C(F)(F)F.CC.CCS.Cc1cc(C(N)(CCC2CC2)c2cccnc2)ccc1F. The van der Waals surface area contributed by atoms with Crippen LogP contribution in [0.2, 0.25) is 0 Å². The fourth-order valence-electron chi connectivity index (χ4n) is 4.47. The van der Waals surface area contributed by atoms with Gasteiger partial charge in [0, 0.05) is 24.5 Å². The van der Waals surface area contributed by atoms with Crippen molar-refractivity contribution >= 4 is 24.1 Å². The molecule has 1 atom stereocenters. The number of alkyl halides is 3. The molecule has 3 aromatic rings. The molecule has 3 N–H and O–H groups in total. The van der Waals surface area contributed by atoms with Crippen molar-refractivity contribution in [2.45, 2.75) is 84.9 Å². The molecule has 48 heavy (non-hydrogen) atoms. The molecule has 1 aromatic heterocycles. The lowest BCUT2D eigenvalue weighted by Crippen LogP contribution is -2.38. The zero-order valence-electron chi connectivity index (χ0n) is 28.5. The molecule has 5 nitrogen and oxygen atoms in total. The maximum atomic E-state index is 13.6. The lowest BCUT2D eigenvalue weighted by molar-refractivity contribution is -0.115. The van der Waals surface area contributed by atoms with E-state index in [0.717, 1.165) is 35.6 Å². The predicted molar refractivity (Wildman–Crippen MR) is 191 cm³/mol. The molecule has 10 heteroatoms. The third-order valence-electron chi connectivity index (χ3n) is 7.22. The molecule has 0 aliphatic heterocycles. The summed E-state index contributed by atoms with van der Waals surface area (Å²) in [5.74, 6) is 1.12. The molecular formula is C38H48F4N4OS. The molecule has 260 valence electrons. The average Bonchev–Trinajstić information content (AvgIpc) is 3.91. The number of nitrogens with zero attached hydrogens (tertiary/aromatic N) is 2. The summed E-state index contributed by atoms with van der Waals surface area (Å²) >= 11 is 3.79. The number of anilines is 1. The van der Waals surface area contributed by atoms with Crippen LogP contribution in [-0.4, -0.2) is 22.7 Å². The summed E-state index contributed by atoms with van der Waals surface area (Å²) in [5.41, 5.74) is 8.18. The molecule has 2 aromatic carbocycles. The minimum Gasteiger partial charge on any atom is -0.353 e. The maximum Gasteiger partial charge on any atom is 0.415 e. The molecule has 1 unspecified atom stereocenters. The van der Waals surface area contributed by atoms with Crippen LogP contribution in [0.25, 0.3) is 0 Å². The van der Waals surface area contributed by atoms with Crippen LogP contribution in [0, 0.1) is 30.0 Å². The highest BCUT2D eigenvalue weighted by molar-refractivity contribution is 7.80. The second kappa shape index (κ2) is 21.1. The highest BCUT2D eigenvalue weighted by Gasteiger charge is 2.33. The van der Waals surface area contributed by atoms with Crippen molar-refractivity contribution in [1.29, 1.82) is 5.26 Å². The third-order valence-corrected chi connectivity index (χ3v) is 7.22. The molecule has 0 radical (unpaired) electrons. The quantitative estimate of drug-likeness (QED) is 0.0809. The number of carbonyl (C=O) groups excluding carboxylic acids is 1. The molecule has 0 bridgehead atoms. The summed E-state index contributed by atoms with van der Waals surface area (Å²) in [4.78, 5) is 16.2. The lowest BCUT2D eigenvalue weighted by atomic mass is 9.80. The van der Waals surface area contributed by atoms with Gasteiger partial charge in [-0.3, -0.25) is 9.78 Å². The van der Waals surface area contributed by atoms with Gasteiger partial charge >= 0.3 is 6.18 Å². The van der Waals surface area contributed by atoms with Crippen LogP contribution >= 0.6 is 12.6 Å². The van der Waals surface area contributed by atoms with E-state index in [0.29, 0.717) is 29.3 Å². The average molecular weight is 685 g/mol. The second-order valence-corrected chi connectivity index (χ2v) is 11.7. The first-order valence-corrected chi connectivity index (χ1v) is 16.8. The normalized spacial score (nSPS) is 13.5. The predicted octanol–water partition coefficient (Wildman–Crippen LogP) is 10.2. The minimum atomic E-state index is -4.60. The number of Topliss-reactive ketones (excluding diaryl/α,β-unsaturated/α-hetero) is 1. The number of ketones is 1. The molecule has 1 aliphatic rings. The molecule has 4 rings (SSSR count). The molecule has 0 spiro atoms. The van der Waals surface area contributed by atoms with Crippen molar-refractivity contribution in [3.63, 3.8) is 0 Å². The zero-order valence-corrected chi connectivity index (χ0v) is 29.4. The molecule has 1 aliphatic carbocycles. The van der Waals surface area contributed by atoms with Gasteiger partial charge in [0.05, 0.1) is 28.4 Å². The summed E-state index contributed by atoms with van der Waals surface area (Å²) in [6.45, 7) is 12.5.